The van der Waals surface area contributed by atoms with E-state index in [1.165, 1.54) is 24.0 Å². The van der Waals surface area contributed by atoms with Gasteiger partial charge in [0, 0.05) is 39.3 Å². The summed E-state index contributed by atoms with van der Waals surface area (Å²) in [6, 6.07) is 29.6. The number of piperazine rings is 2. The molecule has 0 unspecified atom stereocenters. The highest BCUT2D eigenvalue weighted by Crippen LogP contribution is 2.33. The summed E-state index contributed by atoms with van der Waals surface area (Å²) in [5.41, 5.74) is 2.10. The quantitative estimate of drug-likeness (QED) is 0.144. The monoisotopic (exact) mass is 1140 g/mol. The van der Waals surface area contributed by atoms with Crippen LogP contribution in [0.25, 0.3) is 0 Å². The first kappa shape index (κ1) is 63.4. The van der Waals surface area contributed by atoms with Crippen molar-refractivity contribution in [1.29, 1.82) is 0 Å². The van der Waals surface area contributed by atoms with Crippen LogP contribution in [0.2, 0.25) is 0 Å². The third-order valence-corrected chi connectivity index (χ3v) is 13.7. The lowest BCUT2D eigenvalue weighted by atomic mass is 10.0. The van der Waals surface area contributed by atoms with Gasteiger partial charge in [-0.25, -0.2) is 29.4 Å². The van der Waals surface area contributed by atoms with Gasteiger partial charge in [0.05, 0.1) is 50.8 Å². The molecule has 6 aliphatic heterocycles. The van der Waals surface area contributed by atoms with Gasteiger partial charge in [0.15, 0.2) is 25.0 Å². The molecule has 6 heterocycles. The number of carbonyl (C=O) groups is 5. The van der Waals surface area contributed by atoms with E-state index in [9.17, 15) is 24.0 Å². The van der Waals surface area contributed by atoms with E-state index in [0.717, 1.165) is 36.1 Å². The van der Waals surface area contributed by atoms with Crippen molar-refractivity contribution in [2.24, 2.45) is 15.0 Å². The van der Waals surface area contributed by atoms with Gasteiger partial charge in [-0.3, -0.25) is 19.0 Å². The Morgan fingerprint density at radius 1 is 0.573 bits per heavy atom. The summed E-state index contributed by atoms with van der Waals surface area (Å²) in [5, 5.41) is 3.15. The van der Waals surface area contributed by atoms with Crippen molar-refractivity contribution in [2.45, 2.75) is 147 Å². The van der Waals surface area contributed by atoms with E-state index in [0.29, 0.717) is 57.3 Å². The molecule has 0 bridgehead atoms. The van der Waals surface area contributed by atoms with E-state index in [-0.39, 0.29) is 55.0 Å². The molecule has 0 aliphatic carbocycles. The number of piperidine rings is 1. The molecule has 3 aromatic carbocycles. The van der Waals surface area contributed by atoms with Gasteiger partial charge < -0.3 is 53.0 Å². The van der Waals surface area contributed by atoms with Gasteiger partial charge in [0.1, 0.15) is 29.5 Å². The van der Waals surface area contributed by atoms with Crippen molar-refractivity contribution in [3.05, 3.63) is 108 Å². The average Bonchev–Trinajstić information content (AvgIpc) is 4.28. The van der Waals surface area contributed by atoms with Crippen LogP contribution in [-0.4, -0.2) is 189 Å². The minimum atomic E-state index is -0.791. The Morgan fingerprint density at radius 2 is 1.02 bits per heavy atom. The summed E-state index contributed by atoms with van der Waals surface area (Å²) < 4.78 is 47.6. The Balaban J connectivity index is 0.000000182. The standard InChI is InChI=1S/C21H29N3O5.C16H21N3O3.C12H20NO4.C11H13NO2/c1-14-17(15-9-7-6-8-10-15)28-19(22-14)23-11-12-24(16(13-23)18(25)27-5)20(26)29-21(2,3)4;1-11-14(12-6-4-3-5-7-12)22-16(18-11)19-9-8-17-13(10-19)15(20)21-2;1-12(2,3)17-11(15)13-8-6-5-7-9(13)10(14)16-4;1-8-10(14-11(12-8)13-2)9-6-4-3-5-7-9/h6-10,14,16-17H,11-13H2,1-5H3;3-7,11,13-14,17H,8-10H2,1-2H3;9H,4-8H2,1-3H3;3-8,10H,1-2H3/q;;+1;/t14-,16-,17+;11-,13-,14+;9-;8-,10+/m0000/s1. The van der Waals surface area contributed by atoms with E-state index in [4.69, 9.17) is 37.9 Å². The third kappa shape index (κ3) is 17.6. The highest BCUT2D eigenvalue weighted by Gasteiger charge is 2.44. The molecule has 82 heavy (non-hydrogen) atoms. The lowest BCUT2D eigenvalue weighted by Gasteiger charge is -2.40. The number of benzene rings is 3. The minimum absolute atomic E-state index is 0.00819. The van der Waals surface area contributed by atoms with Crippen LogP contribution in [0.1, 0.15) is 117 Å². The number of nitrogens with zero attached hydrogens (tertiary/aromatic N) is 7. The first-order valence-corrected chi connectivity index (χ1v) is 27.8. The second-order valence-electron chi connectivity index (χ2n) is 22.3. The molecule has 1 N–H and O–H groups in total. The SMILES string of the molecule is C=[O+]C(=O)[C@@H]1CCCCN1C(=O)OC(C)(C)C.COC(=O)[C@@H]1CN(C2=N[C@@H](C)[C@H](c3ccccc3)O2)CCN1.COC(=O)[C@@H]1CN(C2=N[C@@H](C)[C@H](c3ccccc3)O2)CCN1C(=O)OC(C)(C)C.COC1=N[C@@H](C)[C@H](c2ccccc2)O1. The first-order valence-electron chi connectivity index (χ1n) is 27.8. The number of hydrogen-bond donors (Lipinski definition) is 1. The Labute approximate surface area is 481 Å². The highest BCUT2D eigenvalue weighted by molar-refractivity contribution is 5.84. The zero-order valence-corrected chi connectivity index (χ0v) is 49.5. The number of likely N-dealkylation sites (tertiary alicyclic amines) is 1. The minimum Gasteiger partial charge on any atom is -0.468 e. The summed E-state index contributed by atoms with van der Waals surface area (Å²) in [6.45, 7) is 23.5. The molecule has 9 rings (SSSR count). The maximum Gasteiger partial charge on any atom is 0.602 e. The van der Waals surface area contributed by atoms with Gasteiger partial charge in [-0.15, -0.1) is 0 Å². The number of amides is 2. The summed E-state index contributed by atoms with van der Waals surface area (Å²) in [4.78, 5) is 80.3. The Kier molecular flexibility index (Phi) is 22.7. The molecule has 0 aromatic heterocycles. The smallest absolute Gasteiger partial charge is 0.468 e. The van der Waals surface area contributed by atoms with Crippen molar-refractivity contribution in [1.82, 2.24) is 24.9 Å². The summed E-state index contributed by atoms with van der Waals surface area (Å²) >= 11 is 0. The molecule has 3 fully saturated rings. The van der Waals surface area contributed by atoms with Gasteiger partial charge in [0.25, 0.3) is 12.0 Å². The molecule has 3 saturated heterocycles. The zero-order valence-electron chi connectivity index (χ0n) is 49.5. The number of rotatable bonds is 6. The topological polar surface area (TPSA) is 233 Å². The van der Waals surface area contributed by atoms with Crippen molar-refractivity contribution < 1.29 is 66.3 Å². The van der Waals surface area contributed by atoms with Crippen LogP contribution >= 0.6 is 0 Å². The van der Waals surface area contributed by atoms with Crippen LogP contribution in [0.15, 0.2) is 106 Å². The largest absolute Gasteiger partial charge is 0.602 e. The summed E-state index contributed by atoms with van der Waals surface area (Å²) in [7, 11) is 4.28. The molecule has 6 aliphatic rings. The molecule has 22 nitrogen and oxygen atoms in total. The first-order chi connectivity index (χ1) is 39.0. The molecule has 2 amide bonds. The predicted molar refractivity (Wildman–Crippen MR) is 307 cm³/mol. The Morgan fingerprint density at radius 3 is 1.46 bits per heavy atom. The van der Waals surface area contributed by atoms with E-state index in [2.05, 4.69) is 43.6 Å². The van der Waals surface area contributed by atoms with Crippen LogP contribution in [0, 0.1) is 0 Å². The number of methoxy groups -OCH3 is 3. The molecule has 0 saturated carbocycles. The van der Waals surface area contributed by atoms with Gasteiger partial charge in [0.2, 0.25) is 0 Å². The highest BCUT2D eigenvalue weighted by atomic mass is 16.7. The van der Waals surface area contributed by atoms with Crippen LogP contribution < -0.4 is 5.32 Å². The Hall–Kier alpha value is -7.75. The van der Waals surface area contributed by atoms with Crippen LogP contribution in [0.4, 0.5) is 9.59 Å². The maximum absolute atomic E-state index is 12.6. The number of amidine groups is 2. The fourth-order valence-electron chi connectivity index (χ4n) is 9.69. The molecule has 446 valence electrons. The van der Waals surface area contributed by atoms with Crippen molar-refractivity contribution in [3.63, 3.8) is 0 Å². The predicted octanol–water partition coefficient (Wildman–Crippen LogP) is 7.36. The second kappa shape index (κ2) is 29.3. The van der Waals surface area contributed by atoms with Crippen molar-refractivity contribution in [2.75, 3.05) is 67.1 Å². The number of aliphatic imine (C=N–C) groups is 3. The van der Waals surface area contributed by atoms with E-state index >= 15 is 0 Å². The maximum atomic E-state index is 12.6. The van der Waals surface area contributed by atoms with Gasteiger partial charge in [-0.2, -0.15) is 0 Å². The summed E-state index contributed by atoms with van der Waals surface area (Å²) in [5.74, 6) is -1.22. The number of hydrogen-bond acceptors (Lipinski definition) is 19. The lowest BCUT2D eigenvalue weighted by Crippen LogP contribution is -2.60. The van der Waals surface area contributed by atoms with E-state index < -0.39 is 47.4 Å². The fourth-order valence-corrected chi connectivity index (χ4v) is 9.69. The van der Waals surface area contributed by atoms with Gasteiger partial charge in [-0.1, -0.05) is 91.0 Å². The molecular formula is C60H83N8O14+. The molecular weight excluding hydrogens is 1060 g/mol. The second-order valence-corrected chi connectivity index (χ2v) is 22.3. The molecule has 22 heteroatoms. The lowest BCUT2D eigenvalue weighted by molar-refractivity contribution is -0.373. The van der Waals surface area contributed by atoms with Gasteiger partial charge in [-0.05, 0) is 98.3 Å². The number of esters is 2. The normalized spacial score (nSPS) is 24.9. The molecule has 9 atom stereocenters. The van der Waals surface area contributed by atoms with Crippen LogP contribution in [0.3, 0.4) is 0 Å². The van der Waals surface area contributed by atoms with Crippen molar-refractivity contribution >= 4 is 55.0 Å². The van der Waals surface area contributed by atoms with Crippen LogP contribution in [0.5, 0.6) is 0 Å². The molecule has 0 spiro atoms. The number of nitrogens with one attached hydrogen (secondary N) is 1. The molecule has 3 aromatic rings. The third-order valence-electron chi connectivity index (χ3n) is 13.7. The average molecular weight is 1140 g/mol. The number of ether oxygens (including phenoxy) is 8. The zero-order chi connectivity index (χ0) is 59.7. The van der Waals surface area contributed by atoms with E-state index in [1.807, 2.05) is 109 Å². The fraction of sp³-hybridized carbons (Fsp3) is 0.550. The summed E-state index contributed by atoms with van der Waals surface area (Å²) in [6.07, 6.45) is 1.52. The molecule has 0 radical (unpaired) electrons. The Bertz CT molecular complexity index is 2700. The number of carbonyl (C=O) groups excluding carboxylic acids is 6. The van der Waals surface area contributed by atoms with E-state index in [1.54, 1.807) is 48.7 Å². The van der Waals surface area contributed by atoms with Crippen molar-refractivity contribution in [3.8, 4) is 0 Å². The van der Waals surface area contributed by atoms with Crippen LogP contribution in [-0.2, 0) is 56.7 Å². The van der Waals surface area contributed by atoms with Gasteiger partial charge >= 0.3 is 36.2 Å².